The molecule has 2 amide bonds. The number of carbonyl (C=O) groups is 3. The van der Waals surface area contributed by atoms with Gasteiger partial charge in [-0.15, -0.1) is 0 Å². The van der Waals surface area contributed by atoms with Crippen molar-refractivity contribution >= 4 is 18.5 Å². The predicted octanol–water partition coefficient (Wildman–Crippen LogP) is 1.38. The maximum Gasteiger partial charge on any atom is 0.407 e. The van der Waals surface area contributed by atoms with Gasteiger partial charge in [-0.3, -0.25) is 4.79 Å². The molecule has 112 valence electrons. The first-order chi connectivity index (χ1) is 10.0. The Bertz CT molecular complexity index is 543. The van der Waals surface area contributed by atoms with Gasteiger partial charge in [0.15, 0.2) is 0 Å². The van der Waals surface area contributed by atoms with Gasteiger partial charge in [0.05, 0.1) is 6.04 Å². The summed E-state index contributed by atoms with van der Waals surface area (Å²) in [6.07, 6.45) is -0.939. The molecule has 2 rings (SSSR count). The maximum absolute atomic E-state index is 11.2. The molecule has 1 saturated heterocycles. The molecule has 1 fully saturated rings. The van der Waals surface area contributed by atoms with Gasteiger partial charge in [0.1, 0.15) is 6.29 Å². The first-order valence-electron chi connectivity index (χ1n) is 6.53. The minimum absolute atomic E-state index is 0.150. The molecule has 1 aromatic carbocycles. The van der Waals surface area contributed by atoms with E-state index in [9.17, 15) is 19.5 Å². The molecule has 0 radical (unpaired) electrons. The molecule has 1 unspecified atom stereocenters. The zero-order chi connectivity index (χ0) is 15.4. The molecule has 0 saturated carbocycles. The molecule has 7 heteroatoms. The molecule has 2 N–H and O–H groups in total. The molecule has 21 heavy (non-hydrogen) atoms. The second-order valence-electron chi connectivity index (χ2n) is 4.92. The number of carboxylic acid groups (broad SMARTS) is 2. The molecular weight excluding hydrogens is 276 g/mol. The van der Waals surface area contributed by atoms with Gasteiger partial charge in [-0.1, -0.05) is 24.3 Å². The Morgan fingerprint density at radius 2 is 1.81 bits per heavy atom. The van der Waals surface area contributed by atoms with Crippen LogP contribution in [0.3, 0.4) is 0 Å². The second-order valence-corrected chi connectivity index (χ2v) is 4.92. The van der Waals surface area contributed by atoms with Gasteiger partial charge in [-0.2, -0.15) is 0 Å². The molecule has 0 bridgehead atoms. The highest BCUT2D eigenvalue weighted by Gasteiger charge is 2.32. The smallest absolute Gasteiger partial charge is 0.407 e. The first-order valence-corrected chi connectivity index (χ1v) is 6.53. The zero-order valence-electron chi connectivity index (χ0n) is 11.3. The molecule has 1 aliphatic heterocycles. The van der Waals surface area contributed by atoms with Gasteiger partial charge in [0.2, 0.25) is 0 Å². The number of hydrogen-bond acceptors (Lipinski definition) is 3. The minimum atomic E-state index is -1.05. The predicted molar refractivity (Wildman–Crippen MR) is 73.7 cm³/mol. The molecule has 7 nitrogen and oxygen atoms in total. The Morgan fingerprint density at radius 1 is 1.14 bits per heavy atom. The lowest BCUT2D eigenvalue weighted by molar-refractivity contribution is 0.0639. The third-order valence-corrected chi connectivity index (χ3v) is 3.59. The monoisotopic (exact) mass is 292 g/mol. The molecule has 0 spiro atoms. The number of nitrogens with zero attached hydrogens (tertiary/aromatic N) is 2. The number of benzene rings is 1. The van der Waals surface area contributed by atoms with E-state index in [1.54, 1.807) is 24.3 Å². The van der Waals surface area contributed by atoms with Crippen LogP contribution in [-0.2, 0) is 6.42 Å². The van der Waals surface area contributed by atoms with E-state index in [4.69, 9.17) is 5.11 Å². The Hall–Kier alpha value is -2.57. The number of hydrogen-bond donors (Lipinski definition) is 2. The third kappa shape index (κ3) is 3.50. The highest BCUT2D eigenvalue weighted by atomic mass is 16.4. The lowest BCUT2D eigenvalue weighted by Gasteiger charge is -2.38. The van der Waals surface area contributed by atoms with Gasteiger partial charge >= 0.3 is 12.2 Å². The Kier molecular flexibility index (Phi) is 4.42. The summed E-state index contributed by atoms with van der Waals surface area (Å²) >= 11 is 0. The van der Waals surface area contributed by atoms with Crippen molar-refractivity contribution in [2.45, 2.75) is 12.5 Å². The van der Waals surface area contributed by atoms with Gasteiger partial charge in [0.25, 0.3) is 0 Å². The topological polar surface area (TPSA) is 98.2 Å². The largest absolute Gasteiger partial charge is 0.465 e. The summed E-state index contributed by atoms with van der Waals surface area (Å²) in [5.74, 6) is 0. The second kappa shape index (κ2) is 6.25. The van der Waals surface area contributed by atoms with Crippen molar-refractivity contribution in [3.63, 3.8) is 0 Å². The summed E-state index contributed by atoms with van der Waals surface area (Å²) in [7, 11) is 0. The third-order valence-electron chi connectivity index (χ3n) is 3.59. The molecule has 1 atom stereocenters. The SMILES string of the molecule is O=Cc1ccc(CC2CN(C(=O)O)CCN2C(=O)O)cc1. The first kappa shape index (κ1) is 14.8. The van der Waals surface area contributed by atoms with E-state index in [-0.39, 0.29) is 19.6 Å². The fourth-order valence-electron chi connectivity index (χ4n) is 2.46. The van der Waals surface area contributed by atoms with Gasteiger partial charge in [-0.05, 0) is 12.0 Å². The van der Waals surface area contributed by atoms with Crippen molar-refractivity contribution in [3.05, 3.63) is 35.4 Å². The summed E-state index contributed by atoms with van der Waals surface area (Å²) in [5.41, 5.74) is 1.41. The molecule has 0 aliphatic carbocycles. The van der Waals surface area contributed by atoms with Crippen molar-refractivity contribution in [1.82, 2.24) is 9.80 Å². The molecule has 1 aromatic rings. The van der Waals surface area contributed by atoms with Gasteiger partial charge in [0, 0.05) is 25.2 Å². The minimum Gasteiger partial charge on any atom is -0.465 e. The maximum atomic E-state index is 11.2. The number of amides is 2. The van der Waals surface area contributed by atoms with E-state index in [1.165, 1.54) is 9.80 Å². The van der Waals surface area contributed by atoms with Crippen molar-refractivity contribution < 1.29 is 24.6 Å². The normalized spacial score (nSPS) is 18.4. The quantitative estimate of drug-likeness (QED) is 0.820. The van der Waals surface area contributed by atoms with Crippen LogP contribution in [0.2, 0.25) is 0 Å². The Morgan fingerprint density at radius 3 is 2.33 bits per heavy atom. The van der Waals surface area contributed by atoms with Gasteiger partial charge < -0.3 is 20.0 Å². The van der Waals surface area contributed by atoms with E-state index in [0.29, 0.717) is 12.0 Å². The van der Waals surface area contributed by atoms with Crippen molar-refractivity contribution in [2.24, 2.45) is 0 Å². The van der Waals surface area contributed by atoms with Crippen LogP contribution in [0.4, 0.5) is 9.59 Å². The molecule has 1 heterocycles. The molecule has 0 aromatic heterocycles. The summed E-state index contributed by atoms with van der Waals surface area (Å²) in [5, 5.41) is 18.2. The summed E-state index contributed by atoms with van der Waals surface area (Å²) in [4.78, 5) is 35.4. The average Bonchev–Trinajstić information content (AvgIpc) is 2.47. The van der Waals surface area contributed by atoms with E-state index in [1.807, 2.05) is 0 Å². The Balaban J connectivity index is 2.13. The zero-order valence-corrected chi connectivity index (χ0v) is 11.3. The number of aldehydes is 1. The van der Waals surface area contributed by atoms with Crippen LogP contribution in [0.15, 0.2) is 24.3 Å². The fraction of sp³-hybridized carbons (Fsp3) is 0.357. The lowest BCUT2D eigenvalue weighted by Crippen LogP contribution is -2.56. The number of piperazine rings is 1. The van der Waals surface area contributed by atoms with Crippen molar-refractivity contribution in [1.29, 1.82) is 0 Å². The van der Waals surface area contributed by atoms with Crippen LogP contribution in [0.1, 0.15) is 15.9 Å². The van der Waals surface area contributed by atoms with Gasteiger partial charge in [-0.25, -0.2) is 9.59 Å². The van der Waals surface area contributed by atoms with E-state index in [0.717, 1.165) is 11.8 Å². The van der Waals surface area contributed by atoms with Crippen LogP contribution >= 0.6 is 0 Å². The van der Waals surface area contributed by atoms with Crippen LogP contribution < -0.4 is 0 Å². The molecule has 1 aliphatic rings. The van der Waals surface area contributed by atoms with Crippen LogP contribution in [0.5, 0.6) is 0 Å². The summed E-state index contributed by atoms with van der Waals surface area (Å²) in [6, 6.07) is 6.40. The molecular formula is C14H16N2O5. The summed E-state index contributed by atoms with van der Waals surface area (Å²) in [6.45, 7) is 0.498. The van der Waals surface area contributed by atoms with Crippen molar-refractivity contribution in [3.8, 4) is 0 Å². The number of carbonyl (C=O) groups excluding carboxylic acids is 1. The highest BCUT2D eigenvalue weighted by Crippen LogP contribution is 2.16. The van der Waals surface area contributed by atoms with E-state index >= 15 is 0 Å². The standard InChI is InChI=1S/C14H16N2O5/c17-9-11-3-1-10(2-4-11)7-12-8-15(13(18)19)5-6-16(12)14(20)21/h1-4,9,12H,5-8H2,(H,18,19)(H,20,21). The average molecular weight is 292 g/mol. The van der Waals surface area contributed by atoms with Crippen LogP contribution in [-0.4, -0.2) is 64.2 Å². The summed E-state index contributed by atoms with van der Waals surface area (Å²) < 4.78 is 0. The van der Waals surface area contributed by atoms with E-state index < -0.39 is 18.2 Å². The lowest BCUT2D eigenvalue weighted by atomic mass is 10.0. The van der Waals surface area contributed by atoms with Crippen molar-refractivity contribution in [2.75, 3.05) is 19.6 Å². The van der Waals surface area contributed by atoms with Crippen LogP contribution in [0, 0.1) is 0 Å². The Labute approximate surface area is 121 Å². The number of rotatable bonds is 3. The highest BCUT2D eigenvalue weighted by molar-refractivity contribution is 5.74. The van der Waals surface area contributed by atoms with E-state index in [2.05, 4.69) is 0 Å². The fourth-order valence-corrected chi connectivity index (χ4v) is 2.46. The van der Waals surface area contributed by atoms with Crippen LogP contribution in [0.25, 0.3) is 0 Å².